The van der Waals surface area contributed by atoms with E-state index < -0.39 is 10.0 Å². The molecule has 3 aromatic carbocycles. The largest absolute Gasteiger partial charge is 0.489 e. The van der Waals surface area contributed by atoms with E-state index in [9.17, 15) is 8.42 Å². The van der Waals surface area contributed by atoms with Crippen LogP contribution in [-0.4, -0.2) is 18.2 Å². The normalized spacial score (nSPS) is 13.8. The SMILES string of the molecule is CCCn1c(-c2cccc(NS(=O)(=O)C3CC3)c2)c(N)c2cc(OCc3ccccc3)ccc21. The van der Waals surface area contributed by atoms with Gasteiger partial charge in [0.2, 0.25) is 10.0 Å². The topological polar surface area (TPSA) is 86.4 Å². The van der Waals surface area contributed by atoms with Gasteiger partial charge in [0.15, 0.2) is 0 Å². The molecule has 0 atom stereocenters. The lowest BCUT2D eigenvalue weighted by Crippen LogP contribution is -2.17. The van der Waals surface area contributed by atoms with E-state index in [0.29, 0.717) is 18.0 Å². The number of ether oxygens (including phenoxy) is 1. The Morgan fingerprint density at radius 2 is 1.82 bits per heavy atom. The third-order valence-electron chi connectivity index (χ3n) is 6.13. The molecule has 1 heterocycles. The second kappa shape index (κ2) is 9.06. The van der Waals surface area contributed by atoms with Crippen molar-refractivity contribution in [3.63, 3.8) is 0 Å². The number of nitrogens with zero attached hydrogens (tertiary/aromatic N) is 1. The summed E-state index contributed by atoms with van der Waals surface area (Å²) >= 11 is 0. The number of fused-ring (bicyclic) bond motifs is 1. The van der Waals surface area contributed by atoms with Crippen LogP contribution in [0.2, 0.25) is 0 Å². The van der Waals surface area contributed by atoms with Gasteiger partial charge in [0, 0.05) is 23.2 Å². The minimum absolute atomic E-state index is 0.276. The van der Waals surface area contributed by atoms with Gasteiger partial charge >= 0.3 is 0 Å². The van der Waals surface area contributed by atoms with Crippen molar-refractivity contribution in [3.05, 3.63) is 78.4 Å². The standard InChI is InChI=1S/C27H29N3O3S/c1-2-15-30-25-14-11-22(33-18-19-7-4-3-5-8-19)17-24(25)26(28)27(30)20-9-6-10-21(16-20)29-34(31,32)23-12-13-23/h3-11,14,16-17,23,29H,2,12-13,15,18,28H2,1H3. The molecular formula is C27H29N3O3S. The Bertz CT molecular complexity index is 1420. The molecule has 0 saturated heterocycles. The van der Waals surface area contributed by atoms with Crippen molar-refractivity contribution in [1.29, 1.82) is 0 Å². The monoisotopic (exact) mass is 475 g/mol. The highest BCUT2D eigenvalue weighted by Gasteiger charge is 2.35. The van der Waals surface area contributed by atoms with Crippen LogP contribution in [0.15, 0.2) is 72.8 Å². The molecule has 34 heavy (non-hydrogen) atoms. The molecule has 176 valence electrons. The van der Waals surface area contributed by atoms with Crippen LogP contribution in [0.3, 0.4) is 0 Å². The molecule has 0 aliphatic heterocycles. The average Bonchev–Trinajstić information content (AvgIpc) is 3.66. The number of nitrogen functional groups attached to an aromatic ring is 1. The lowest BCUT2D eigenvalue weighted by atomic mass is 10.1. The summed E-state index contributed by atoms with van der Waals surface area (Å²) in [6.07, 6.45) is 2.39. The number of nitrogens with one attached hydrogen (secondary N) is 1. The number of aryl methyl sites for hydroxylation is 1. The average molecular weight is 476 g/mol. The molecule has 7 heteroatoms. The van der Waals surface area contributed by atoms with Gasteiger partial charge in [-0.3, -0.25) is 4.72 Å². The molecule has 1 aromatic heterocycles. The lowest BCUT2D eigenvalue weighted by Gasteiger charge is -2.13. The van der Waals surface area contributed by atoms with Crippen molar-refractivity contribution in [3.8, 4) is 17.0 Å². The van der Waals surface area contributed by atoms with Crippen molar-refractivity contribution in [2.45, 2.75) is 44.6 Å². The molecule has 1 aliphatic carbocycles. The first-order valence-corrected chi connectivity index (χ1v) is 13.2. The summed E-state index contributed by atoms with van der Waals surface area (Å²) in [5.74, 6) is 0.759. The van der Waals surface area contributed by atoms with E-state index in [1.165, 1.54) is 0 Å². The minimum atomic E-state index is -3.33. The first-order valence-electron chi connectivity index (χ1n) is 11.7. The molecule has 0 amide bonds. The van der Waals surface area contributed by atoms with Gasteiger partial charge in [0.05, 0.1) is 22.1 Å². The molecule has 3 N–H and O–H groups in total. The molecule has 0 unspecified atom stereocenters. The fourth-order valence-corrected chi connectivity index (χ4v) is 5.69. The van der Waals surface area contributed by atoms with Gasteiger partial charge in [-0.2, -0.15) is 0 Å². The van der Waals surface area contributed by atoms with Crippen LogP contribution in [0.1, 0.15) is 31.7 Å². The zero-order valence-electron chi connectivity index (χ0n) is 19.2. The third-order valence-corrected chi connectivity index (χ3v) is 8.00. The predicted molar refractivity (Wildman–Crippen MR) is 138 cm³/mol. The molecule has 6 nitrogen and oxygen atoms in total. The highest BCUT2D eigenvalue weighted by atomic mass is 32.2. The van der Waals surface area contributed by atoms with Gasteiger partial charge in [-0.05, 0) is 55.2 Å². The van der Waals surface area contributed by atoms with Crippen molar-refractivity contribution in [2.75, 3.05) is 10.5 Å². The Balaban J connectivity index is 1.51. The lowest BCUT2D eigenvalue weighted by molar-refractivity contribution is 0.306. The first-order chi connectivity index (χ1) is 16.5. The third kappa shape index (κ3) is 4.48. The first kappa shape index (κ1) is 22.3. The van der Waals surface area contributed by atoms with Crippen molar-refractivity contribution >= 4 is 32.3 Å². The number of sulfonamides is 1. The fraction of sp³-hybridized carbons (Fsp3) is 0.259. The highest BCUT2D eigenvalue weighted by Crippen LogP contribution is 2.39. The molecule has 0 bridgehead atoms. The molecule has 1 fully saturated rings. The summed E-state index contributed by atoms with van der Waals surface area (Å²) in [4.78, 5) is 0. The maximum Gasteiger partial charge on any atom is 0.235 e. The van der Waals surface area contributed by atoms with Crippen molar-refractivity contribution < 1.29 is 13.2 Å². The van der Waals surface area contributed by atoms with Gasteiger partial charge < -0.3 is 15.0 Å². The Labute approximate surface area is 200 Å². The van der Waals surface area contributed by atoms with Crippen molar-refractivity contribution in [2.24, 2.45) is 0 Å². The number of hydrogen-bond acceptors (Lipinski definition) is 4. The van der Waals surface area contributed by atoms with Gasteiger partial charge in [-0.15, -0.1) is 0 Å². The fourth-order valence-electron chi connectivity index (χ4n) is 4.31. The van der Waals surface area contributed by atoms with E-state index in [1.807, 2.05) is 66.7 Å². The smallest absolute Gasteiger partial charge is 0.235 e. The van der Waals surface area contributed by atoms with Crippen LogP contribution in [0.25, 0.3) is 22.2 Å². The summed E-state index contributed by atoms with van der Waals surface area (Å²) in [5.41, 5.74) is 11.8. The highest BCUT2D eigenvalue weighted by molar-refractivity contribution is 7.93. The molecule has 5 rings (SSSR count). The number of aromatic nitrogens is 1. The predicted octanol–water partition coefficient (Wildman–Crippen LogP) is 5.78. The molecule has 1 saturated carbocycles. The second-order valence-electron chi connectivity index (χ2n) is 8.79. The maximum absolute atomic E-state index is 12.4. The van der Waals surface area contributed by atoms with Gasteiger partial charge in [-0.25, -0.2) is 8.42 Å². The Morgan fingerprint density at radius 1 is 1.03 bits per heavy atom. The van der Waals surface area contributed by atoms with Crippen LogP contribution in [0.5, 0.6) is 5.75 Å². The van der Waals surface area contributed by atoms with Crippen LogP contribution < -0.4 is 15.2 Å². The zero-order chi connectivity index (χ0) is 23.7. The van der Waals surface area contributed by atoms with Gasteiger partial charge in [0.25, 0.3) is 0 Å². The molecule has 0 spiro atoms. The molecule has 1 aliphatic rings. The summed E-state index contributed by atoms with van der Waals surface area (Å²) in [6, 6.07) is 23.5. The van der Waals surface area contributed by atoms with E-state index in [-0.39, 0.29) is 5.25 Å². The van der Waals surface area contributed by atoms with E-state index in [1.54, 1.807) is 6.07 Å². The van der Waals surface area contributed by atoms with E-state index in [4.69, 9.17) is 10.5 Å². The minimum Gasteiger partial charge on any atom is -0.489 e. The van der Waals surface area contributed by atoms with Crippen LogP contribution in [0.4, 0.5) is 11.4 Å². The summed E-state index contributed by atoms with van der Waals surface area (Å²) in [5, 5.41) is 0.653. The van der Waals surface area contributed by atoms with Crippen LogP contribution >= 0.6 is 0 Å². The maximum atomic E-state index is 12.4. The quantitative estimate of drug-likeness (QED) is 0.321. The number of benzene rings is 3. The summed E-state index contributed by atoms with van der Waals surface area (Å²) < 4.78 is 35.8. The molecule has 0 radical (unpaired) electrons. The summed E-state index contributed by atoms with van der Waals surface area (Å²) in [7, 11) is -3.33. The zero-order valence-corrected chi connectivity index (χ0v) is 20.0. The molecular weight excluding hydrogens is 446 g/mol. The van der Waals surface area contributed by atoms with E-state index in [0.717, 1.165) is 59.3 Å². The van der Waals surface area contributed by atoms with Crippen molar-refractivity contribution in [1.82, 2.24) is 4.57 Å². The molecule has 4 aromatic rings. The Morgan fingerprint density at radius 3 is 2.56 bits per heavy atom. The van der Waals surface area contributed by atoms with Gasteiger partial charge in [0.1, 0.15) is 12.4 Å². The number of nitrogens with two attached hydrogens (primary N) is 1. The van der Waals surface area contributed by atoms with Gasteiger partial charge in [-0.1, -0.05) is 49.4 Å². The summed E-state index contributed by atoms with van der Waals surface area (Å²) in [6.45, 7) is 3.41. The van der Waals surface area contributed by atoms with Crippen LogP contribution in [-0.2, 0) is 23.2 Å². The number of anilines is 2. The number of hydrogen-bond donors (Lipinski definition) is 2. The second-order valence-corrected chi connectivity index (χ2v) is 10.8. The Hall–Kier alpha value is -3.45. The number of rotatable bonds is 9. The van der Waals surface area contributed by atoms with E-state index >= 15 is 0 Å². The Kier molecular flexibility index (Phi) is 5.96. The van der Waals surface area contributed by atoms with E-state index in [2.05, 4.69) is 16.2 Å². The van der Waals surface area contributed by atoms with Crippen LogP contribution in [0, 0.1) is 0 Å².